The number of amides is 1. The molecule has 0 spiro atoms. The second-order valence-electron chi connectivity index (χ2n) is 5.99. The van der Waals surface area contributed by atoms with Crippen molar-refractivity contribution in [2.45, 2.75) is 25.2 Å². The lowest BCUT2D eigenvalue weighted by Crippen LogP contribution is -2.12. The van der Waals surface area contributed by atoms with Crippen LogP contribution in [0.25, 0.3) is 0 Å². The molecule has 0 aliphatic carbocycles. The molecule has 24 heavy (non-hydrogen) atoms. The molecule has 0 aliphatic rings. The lowest BCUT2D eigenvalue weighted by atomic mass is 10.1. The molecule has 0 heterocycles. The SMILES string of the molecule is CC(C)CCOc1cccc(NC(=O)c2ccc(S(C)=O)cc2)c1. The van der Waals surface area contributed by atoms with Crippen molar-refractivity contribution < 1.29 is 13.7 Å². The van der Waals surface area contributed by atoms with Crippen molar-refractivity contribution in [1.29, 1.82) is 0 Å². The normalized spacial score (nSPS) is 12.0. The Morgan fingerprint density at radius 3 is 2.50 bits per heavy atom. The van der Waals surface area contributed by atoms with Crippen LogP contribution in [0.15, 0.2) is 53.4 Å². The van der Waals surface area contributed by atoms with Gasteiger partial charge in [0.05, 0.1) is 6.61 Å². The largest absolute Gasteiger partial charge is 0.494 e. The van der Waals surface area contributed by atoms with Gasteiger partial charge in [0.2, 0.25) is 0 Å². The maximum Gasteiger partial charge on any atom is 0.255 e. The molecule has 1 atom stereocenters. The van der Waals surface area contributed by atoms with Gasteiger partial charge in [-0.2, -0.15) is 0 Å². The van der Waals surface area contributed by atoms with Crippen LogP contribution in [0, 0.1) is 5.92 Å². The van der Waals surface area contributed by atoms with E-state index >= 15 is 0 Å². The zero-order valence-electron chi connectivity index (χ0n) is 14.2. The molecular formula is C19H23NO3S. The first-order valence-electron chi connectivity index (χ1n) is 7.93. The molecular weight excluding hydrogens is 322 g/mol. The molecule has 5 heteroatoms. The summed E-state index contributed by atoms with van der Waals surface area (Å²) in [4.78, 5) is 13.0. The Kier molecular flexibility index (Phi) is 6.55. The molecule has 1 unspecified atom stereocenters. The van der Waals surface area contributed by atoms with Gasteiger partial charge in [-0.05, 0) is 48.7 Å². The number of anilines is 1. The highest BCUT2D eigenvalue weighted by Crippen LogP contribution is 2.19. The number of carbonyl (C=O) groups is 1. The minimum absolute atomic E-state index is 0.206. The van der Waals surface area contributed by atoms with E-state index in [-0.39, 0.29) is 5.91 Å². The molecule has 4 nitrogen and oxygen atoms in total. The molecule has 0 fully saturated rings. The van der Waals surface area contributed by atoms with Crippen LogP contribution in [-0.4, -0.2) is 23.0 Å². The first-order valence-corrected chi connectivity index (χ1v) is 9.49. The highest BCUT2D eigenvalue weighted by atomic mass is 32.2. The van der Waals surface area contributed by atoms with Crippen LogP contribution in [0.1, 0.15) is 30.6 Å². The molecule has 1 N–H and O–H groups in total. The second kappa shape index (κ2) is 8.64. The highest BCUT2D eigenvalue weighted by Gasteiger charge is 2.08. The Balaban J connectivity index is 1.99. The van der Waals surface area contributed by atoms with Crippen molar-refractivity contribution in [3.8, 4) is 5.75 Å². The van der Waals surface area contributed by atoms with Gasteiger partial charge >= 0.3 is 0 Å². The Morgan fingerprint density at radius 2 is 1.88 bits per heavy atom. The predicted octanol–water partition coefficient (Wildman–Crippen LogP) is 4.10. The summed E-state index contributed by atoms with van der Waals surface area (Å²) in [7, 11) is -1.05. The van der Waals surface area contributed by atoms with E-state index in [0.29, 0.717) is 28.7 Å². The van der Waals surface area contributed by atoms with Gasteiger partial charge in [0.1, 0.15) is 5.75 Å². The number of benzene rings is 2. The molecule has 1 amide bonds. The molecule has 2 aromatic rings. The summed E-state index contributed by atoms with van der Waals surface area (Å²) in [5.41, 5.74) is 1.21. The van der Waals surface area contributed by atoms with Gasteiger partial charge < -0.3 is 10.1 Å². The van der Waals surface area contributed by atoms with Gasteiger partial charge in [-0.25, -0.2) is 0 Å². The van der Waals surface area contributed by atoms with Crippen molar-refractivity contribution in [3.05, 3.63) is 54.1 Å². The molecule has 0 bridgehead atoms. The summed E-state index contributed by atoms with van der Waals surface area (Å²) >= 11 is 0. The van der Waals surface area contributed by atoms with Crippen LogP contribution in [-0.2, 0) is 10.8 Å². The lowest BCUT2D eigenvalue weighted by molar-refractivity contribution is 0.102. The summed E-state index contributed by atoms with van der Waals surface area (Å²) in [6.45, 7) is 4.96. The van der Waals surface area contributed by atoms with Crippen molar-refractivity contribution in [2.75, 3.05) is 18.2 Å². The van der Waals surface area contributed by atoms with Crippen LogP contribution in [0.4, 0.5) is 5.69 Å². The summed E-state index contributed by atoms with van der Waals surface area (Å²) in [6.07, 6.45) is 2.60. The van der Waals surface area contributed by atoms with Gasteiger partial charge in [-0.3, -0.25) is 9.00 Å². The van der Waals surface area contributed by atoms with Crippen molar-refractivity contribution >= 4 is 22.4 Å². The van der Waals surface area contributed by atoms with Gasteiger partial charge in [-0.15, -0.1) is 0 Å². The Morgan fingerprint density at radius 1 is 1.17 bits per heavy atom. The van der Waals surface area contributed by atoms with Gasteiger partial charge in [0, 0.05) is 39.3 Å². The van der Waals surface area contributed by atoms with Crippen LogP contribution >= 0.6 is 0 Å². The molecule has 0 saturated carbocycles. The van der Waals surface area contributed by atoms with Gasteiger partial charge in [0.15, 0.2) is 0 Å². The zero-order chi connectivity index (χ0) is 17.5. The van der Waals surface area contributed by atoms with Crippen molar-refractivity contribution in [3.63, 3.8) is 0 Å². The fourth-order valence-corrected chi connectivity index (χ4v) is 2.60. The molecule has 2 rings (SSSR count). The summed E-state index contributed by atoms with van der Waals surface area (Å²) in [6, 6.07) is 14.1. The number of hydrogen-bond donors (Lipinski definition) is 1. The van der Waals surface area contributed by atoms with E-state index in [4.69, 9.17) is 4.74 Å². The minimum Gasteiger partial charge on any atom is -0.494 e. The van der Waals surface area contributed by atoms with Crippen LogP contribution in [0.3, 0.4) is 0 Å². The third-order valence-electron chi connectivity index (χ3n) is 3.50. The molecule has 128 valence electrons. The van der Waals surface area contributed by atoms with Crippen LogP contribution in [0.5, 0.6) is 5.75 Å². The maximum absolute atomic E-state index is 12.3. The monoisotopic (exact) mass is 345 g/mol. The molecule has 0 aromatic heterocycles. The summed E-state index contributed by atoms with van der Waals surface area (Å²) < 4.78 is 17.1. The van der Waals surface area contributed by atoms with E-state index in [1.54, 1.807) is 30.5 Å². The van der Waals surface area contributed by atoms with Crippen LogP contribution < -0.4 is 10.1 Å². The maximum atomic E-state index is 12.3. The Hall–Kier alpha value is -2.14. The standard InChI is InChI=1S/C19H23NO3S/c1-14(2)11-12-23-17-6-4-5-16(13-17)20-19(21)15-7-9-18(10-8-15)24(3)22/h4-10,13-14H,11-12H2,1-3H3,(H,20,21). The number of carbonyl (C=O) groups excluding carboxylic acids is 1. The van der Waals surface area contributed by atoms with E-state index in [0.717, 1.165) is 12.2 Å². The molecule has 0 saturated heterocycles. The fourth-order valence-electron chi connectivity index (χ4n) is 2.08. The zero-order valence-corrected chi connectivity index (χ0v) is 15.1. The average Bonchev–Trinajstić information content (AvgIpc) is 2.55. The Labute approximate surface area is 145 Å². The Bertz CT molecular complexity index is 711. The van der Waals surface area contributed by atoms with Crippen LogP contribution in [0.2, 0.25) is 0 Å². The molecule has 2 aromatic carbocycles. The average molecular weight is 345 g/mol. The van der Waals surface area contributed by atoms with E-state index in [1.807, 2.05) is 24.3 Å². The number of rotatable bonds is 7. The number of nitrogens with one attached hydrogen (secondary N) is 1. The van der Waals surface area contributed by atoms with E-state index in [1.165, 1.54) is 0 Å². The van der Waals surface area contributed by atoms with Crippen molar-refractivity contribution in [1.82, 2.24) is 0 Å². The highest BCUT2D eigenvalue weighted by molar-refractivity contribution is 7.84. The van der Waals surface area contributed by atoms with Gasteiger partial charge in [-0.1, -0.05) is 19.9 Å². The predicted molar refractivity (Wildman–Crippen MR) is 98.1 cm³/mol. The second-order valence-corrected chi connectivity index (χ2v) is 7.37. The summed E-state index contributed by atoms with van der Waals surface area (Å²) in [5, 5.41) is 2.85. The number of ether oxygens (including phenoxy) is 1. The first kappa shape index (κ1) is 18.2. The molecule has 0 radical (unpaired) electrons. The third-order valence-corrected chi connectivity index (χ3v) is 4.44. The van der Waals surface area contributed by atoms with Gasteiger partial charge in [0.25, 0.3) is 5.91 Å². The van der Waals surface area contributed by atoms with E-state index < -0.39 is 10.8 Å². The van der Waals surface area contributed by atoms with Crippen molar-refractivity contribution in [2.24, 2.45) is 5.92 Å². The first-order chi connectivity index (χ1) is 11.5. The fraction of sp³-hybridized carbons (Fsp3) is 0.316. The topological polar surface area (TPSA) is 55.4 Å². The summed E-state index contributed by atoms with van der Waals surface area (Å²) in [5.74, 6) is 1.13. The lowest BCUT2D eigenvalue weighted by Gasteiger charge is -2.10. The van der Waals surface area contributed by atoms with E-state index in [2.05, 4.69) is 19.2 Å². The minimum atomic E-state index is -1.05. The number of hydrogen-bond acceptors (Lipinski definition) is 3. The quantitative estimate of drug-likeness (QED) is 0.822. The molecule has 0 aliphatic heterocycles. The third kappa shape index (κ3) is 5.49. The smallest absolute Gasteiger partial charge is 0.255 e. The van der Waals surface area contributed by atoms with E-state index in [9.17, 15) is 9.00 Å².